The summed E-state index contributed by atoms with van der Waals surface area (Å²) in [5, 5.41) is 0. The van der Waals surface area contributed by atoms with Gasteiger partial charge in [0.2, 0.25) is 6.10 Å². The molecule has 128 valence electrons. The molecule has 0 unspecified atom stereocenters. The average molecular weight is 338 g/mol. The number of alkyl halides is 6. The van der Waals surface area contributed by atoms with Crippen molar-refractivity contribution in [3.05, 3.63) is 12.2 Å². The molecule has 0 saturated carbocycles. The van der Waals surface area contributed by atoms with E-state index in [2.05, 4.69) is 20.8 Å². The van der Waals surface area contributed by atoms with Gasteiger partial charge in [-0.3, -0.25) is 0 Å². The third-order valence-corrected chi connectivity index (χ3v) is 1.89. The lowest BCUT2D eigenvalue weighted by atomic mass is 10.3. The summed E-state index contributed by atoms with van der Waals surface area (Å²) < 4.78 is 84.7. The Morgan fingerprint density at radius 3 is 1.86 bits per heavy atom. The standard InChI is InChI=1S/C11H12F6O5/c1-6(2)8(19)21-4-3-20-7(18)5-22-9(10(12,13)14)11(15,16)17/h9H,1,3-5H2,2H3. The molecule has 0 heterocycles. The molecule has 0 atom stereocenters. The maximum absolute atomic E-state index is 12.1. The highest BCUT2D eigenvalue weighted by molar-refractivity contribution is 5.86. The lowest BCUT2D eigenvalue weighted by Gasteiger charge is -2.22. The van der Waals surface area contributed by atoms with Gasteiger partial charge in [-0.1, -0.05) is 6.58 Å². The lowest BCUT2D eigenvalue weighted by molar-refractivity contribution is -0.320. The van der Waals surface area contributed by atoms with Gasteiger partial charge in [-0.05, 0) is 6.92 Å². The maximum Gasteiger partial charge on any atom is 0.423 e. The van der Waals surface area contributed by atoms with Gasteiger partial charge < -0.3 is 14.2 Å². The zero-order valence-electron chi connectivity index (χ0n) is 11.2. The molecule has 22 heavy (non-hydrogen) atoms. The molecule has 0 aromatic rings. The SMILES string of the molecule is C=C(C)C(=O)OCCOC(=O)COC(C(F)(F)F)C(F)(F)F. The van der Waals surface area contributed by atoms with E-state index in [-0.39, 0.29) is 5.57 Å². The fourth-order valence-electron chi connectivity index (χ4n) is 0.981. The largest absolute Gasteiger partial charge is 0.460 e. The minimum absolute atomic E-state index is 0.0628. The van der Waals surface area contributed by atoms with Gasteiger partial charge in [0.05, 0.1) is 0 Å². The summed E-state index contributed by atoms with van der Waals surface area (Å²) in [6.45, 7) is 2.05. The third-order valence-electron chi connectivity index (χ3n) is 1.89. The fraction of sp³-hybridized carbons (Fsp3) is 0.636. The second-order valence-electron chi connectivity index (χ2n) is 3.91. The Bertz CT molecular complexity index is 400. The number of carbonyl (C=O) groups is 2. The van der Waals surface area contributed by atoms with Crippen LogP contribution in [-0.2, 0) is 23.8 Å². The molecule has 0 radical (unpaired) electrons. The first-order valence-electron chi connectivity index (χ1n) is 5.59. The first-order valence-corrected chi connectivity index (χ1v) is 5.59. The van der Waals surface area contributed by atoms with Gasteiger partial charge >= 0.3 is 24.3 Å². The van der Waals surface area contributed by atoms with Crippen LogP contribution in [0.3, 0.4) is 0 Å². The molecule has 5 nitrogen and oxygen atoms in total. The van der Waals surface area contributed by atoms with Crippen LogP contribution in [-0.4, -0.2) is 50.2 Å². The van der Waals surface area contributed by atoms with E-state index in [1.165, 1.54) is 6.92 Å². The van der Waals surface area contributed by atoms with Crippen molar-refractivity contribution in [2.45, 2.75) is 25.4 Å². The van der Waals surface area contributed by atoms with Crippen molar-refractivity contribution in [2.24, 2.45) is 0 Å². The van der Waals surface area contributed by atoms with Crippen molar-refractivity contribution in [1.29, 1.82) is 0 Å². The summed E-state index contributed by atoms with van der Waals surface area (Å²) in [5.41, 5.74) is 0.0628. The van der Waals surface area contributed by atoms with Crippen molar-refractivity contribution in [1.82, 2.24) is 0 Å². The molecule has 0 bridgehead atoms. The molecule has 0 aliphatic carbocycles. The highest BCUT2D eigenvalue weighted by Crippen LogP contribution is 2.35. The predicted octanol–water partition coefficient (Wildman–Crippen LogP) is 2.16. The van der Waals surface area contributed by atoms with Crippen LogP contribution in [0.2, 0.25) is 0 Å². The number of hydrogen-bond acceptors (Lipinski definition) is 5. The number of esters is 2. The summed E-state index contributed by atoms with van der Waals surface area (Å²) in [5.74, 6) is -2.26. The molecule has 0 rings (SSSR count). The predicted molar refractivity (Wildman–Crippen MR) is 58.6 cm³/mol. The minimum atomic E-state index is -5.71. The van der Waals surface area contributed by atoms with Crippen LogP contribution in [0, 0.1) is 0 Å². The van der Waals surface area contributed by atoms with Crippen molar-refractivity contribution in [2.75, 3.05) is 19.8 Å². The van der Waals surface area contributed by atoms with Crippen molar-refractivity contribution >= 4 is 11.9 Å². The maximum atomic E-state index is 12.1. The van der Waals surface area contributed by atoms with E-state index in [4.69, 9.17) is 0 Å². The van der Waals surface area contributed by atoms with Gasteiger partial charge in [0.1, 0.15) is 19.8 Å². The molecule has 0 aliphatic heterocycles. The first-order chi connectivity index (χ1) is 9.85. The van der Waals surface area contributed by atoms with Gasteiger partial charge in [0.25, 0.3) is 0 Å². The Morgan fingerprint density at radius 1 is 1.00 bits per heavy atom. The van der Waals surface area contributed by atoms with Gasteiger partial charge in [0, 0.05) is 5.57 Å². The Balaban J connectivity index is 4.17. The van der Waals surface area contributed by atoms with Gasteiger partial charge in [-0.25, -0.2) is 9.59 Å². The average Bonchev–Trinajstić information content (AvgIpc) is 2.30. The van der Waals surface area contributed by atoms with Gasteiger partial charge in [-0.15, -0.1) is 0 Å². The molecular formula is C11H12F6O5. The summed E-state index contributed by atoms with van der Waals surface area (Å²) in [4.78, 5) is 21.8. The number of halogens is 6. The number of hydrogen-bond donors (Lipinski definition) is 0. The highest BCUT2D eigenvalue weighted by Gasteiger charge is 2.58. The minimum Gasteiger partial charge on any atom is -0.460 e. The van der Waals surface area contributed by atoms with Crippen LogP contribution in [0.4, 0.5) is 26.3 Å². The third kappa shape index (κ3) is 7.86. The molecule has 0 fully saturated rings. The van der Waals surface area contributed by atoms with Crippen LogP contribution < -0.4 is 0 Å². The Kier molecular flexibility index (Phi) is 7.36. The van der Waals surface area contributed by atoms with Crippen LogP contribution >= 0.6 is 0 Å². The Morgan fingerprint density at radius 2 is 1.45 bits per heavy atom. The topological polar surface area (TPSA) is 61.8 Å². The zero-order chi connectivity index (χ0) is 17.6. The van der Waals surface area contributed by atoms with Crippen LogP contribution in [0.1, 0.15) is 6.92 Å². The number of rotatable bonds is 7. The van der Waals surface area contributed by atoms with Crippen LogP contribution in [0.15, 0.2) is 12.2 Å². The van der Waals surface area contributed by atoms with Crippen LogP contribution in [0.5, 0.6) is 0 Å². The molecule has 0 amide bonds. The quantitative estimate of drug-likeness (QED) is 0.308. The fourth-order valence-corrected chi connectivity index (χ4v) is 0.981. The summed E-state index contributed by atoms with van der Waals surface area (Å²) in [7, 11) is 0. The zero-order valence-corrected chi connectivity index (χ0v) is 11.2. The molecule has 0 N–H and O–H groups in total. The summed E-state index contributed by atoms with van der Waals surface area (Å²) in [6.07, 6.45) is -15.5. The molecule has 0 aliphatic rings. The molecule has 0 aromatic heterocycles. The van der Waals surface area contributed by atoms with E-state index in [0.29, 0.717) is 0 Å². The van der Waals surface area contributed by atoms with E-state index in [1.807, 2.05) is 0 Å². The molecule has 0 aromatic carbocycles. The van der Waals surface area contributed by atoms with E-state index in [0.717, 1.165) is 0 Å². The normalized spacial score (nSPS) is 12.2. The second-order valence-corrected chi connectivity index (χ2v) is 3.91. The van der Waals surface area contributed by atoms with Crippen molar-refractivity contribution in [3.8, 4) is 0 Å². The summed E-state index contributed by atoms with van der Waals surface area (Å²) >= 11 is 0. The van der Waals surface area contributed by atoms with E-state index in [1.54, 1.807) is 0 Å². The van der Waals surface area contributed by atoms with E-state index < -0.39 is 50.2 Å². The van der Waals surface area contributed by atoms with E-state index in [9.17, 15) is 35.9 Å². The second kappa shape index (κ2) is 8.01. The number of ether oxygens (including phenoxy) is 3. The molecular weight excluding hydrogens is 326 g/mol. The Labute approximate surface area is 120 Å². The first kappa shape index (κ1) is 20.2. The van der Waals surface area contributed by atoms with Crippen LogP contribution in [0.25, 0.3) is 0 Å². The summed E-state index contributed by atoms with van der Waals surface area (Å²) in [6, 6.07) is 0. The molecule has 0 saturated heterocycles. The highest BCUT2D eigenvalue weighted by atomic mass is 19.4. The Hall–Kier alpha value is -1.78. The number of carbonyl (C=O) groups excluding carboxylic acids is 2. The van der Waals surface area contributed by atoms with E-state index >= 15 is 0 Å². The van der Waals surface area contributed by atoms with Gasteiger partial charge in [-0.2, -0.15) is 26.3 Å². The lowest BCUT2D eigenvalue weighted by Crippen LogP contribution is -2.45. The molecule has 0 spiro atoms. The van der Waals surface area contributed by atoms with Crippen molar-refractivity contribution in [3.63, 3.8) is 0 Å². The molecule has 11 heteroatoms. The smallest absolute Gasteiger partial charge is 0.423 e. The van der Waals surface area contributed by atoms with Crippen molar-refractivity contribution < 1.29 is 50.1 Å². The monoisotopic (exact) mass is 338 g/mol. The van der Waals surface area contributed by atoms with Gasteiger partial charge in [0.15, 0.2) is 0 Å².